The third-order valence-corrected chi connectivity index (χ3v) is 8.91. The summed E-state index contributed by atoms with van der Waals surface area (Å²) in [6, 6.07) is 24.4. The highest BCUT2D eigenvalue weighted by Gasteiger charge is 2.33. The highest BCUT2D eigenvalue weighted by atomic mass is 32.2. The Labute approximate surface area is 210 Å². The van der Waals surface area contributed by atoms with Crippen molar-refractivity contribution in [1.29, 1.82) is 0 Å². The van der Waals surface area contributed by atoms with Gasteiger partial charge in [-0.05, 0) is 54.3 Å². The summed E-state index contributed by atoms with van der Waals surface area (Å²) in [5.41, 5.74) is 2.49. The molecule has 1 atom stereocenters. The second kappa shape index (κ2) is 9.91. The SMILES string of the molecule is CS(=O)(=O)c1ccc(C(CC2CCCC2)C(=O)N(c2ccccc2)c2nc3ccccc3s2)cc1. The van der Waals surface area contributed by atoms with E-state index in [0.717, 1.165) is 40.7 Å². The van der Waals surface area contributed by atoms with E-state index in [-0.39, 0.29) is 16.7 Å². The van der Waals surface area contributed by atoms with Crippen LogP contribution < -0.4 is 4.90 Å². The van der Waals surface area contributed by atoms with Gasteiger partial charge in [0.1, 0.15) is 0 Å². The van der Waals surface area contributed by atoms with Crippen LogP contribution in [0.25, 0.3) is 10.2 Å². The lowest BCUT2D eigenvalue weighted by molar-refractivity contribution is -0.119. The third kappa shape index (κ3) is 5.16. The molecule has 1 aromatic heterocycles. The van der Waals surface area contributed by atoms with Crippen molar-refractivity contribution in [3.8, 4) is 0 Å². The van der Waals surface area contributed by atoms with Gasteiger partial charge in [-0.2, -0.15) is 0 Å². The number of sulfone groups is 1. The molecule has 4 aromatic rings. The van der Waals surface area contributed by atoms with Crippen LogP contribution in [0.4, 0.5) is 10.8 Å². The lowest BCUT2D eigenvalue weighted by atomic mass is 9.86. The number of aromatic nitrogens is 1. The van der Waals surface area contributed by atoms with E-state index >= 15 is 0 Å². The first kappa shape index (κ1) is 23.7. The number of nitrogens with zero attached hydrogens (tertiary/aromatic N) is 2. The Kier molecular flexibility index (Phi) is 6.71. The molecular weight excluding hydrogens is 476 g/mol. The molecule has 3 aromatic carbocycles. The van der Waals surface area contributed by atoms with Gasteiger partial charge >= 0.3 is 0 Å². The summed E-state index contributed by atoms with van der Waals surface area (Å²) < 4.78 is 25.0. The number of carbonyl (C=O) groups excluding carboxylic acids is 1. The number of carbonyl (C=O) groups is 1. The molecule has 1 aliphatic rings. The summed E-state index contributed by atoms with van der Waals surface area (Å²) in [6.07, 6.45) is 6.58. The van der Waals surface area contributed by atoms with Gasteiger partial charge in [-0.25, -0.2) is 13.4 Å². The predicted octanol–water partition coefficient (Wildman–Crippen LogP) is 6.73. The number of benzene rings is 3. The van der Waals surface area contributed by atoms with E-state index in [1.165, 1.54) is 30.4 Å². The smallest absolute Gasteiger partial charge is 0.240 e. The fourth-order valence-corrected chi connectivity index (χ4v) is 6.55. The van der Waals surface area contributed by atoms with Crippen LogP contribution >= 0.6 is 11.3 Å². The van der Waals surface area contributed by atoms with Crippen LogP contribution in [0.2, 0.25) is 0 Å². The molecule has 0 spiro atoms. The van der Waals surface area contributed by atoms with Crippen LogP contribution in [0.5, 0.6) is 0 Å². The Balaban J connectivity index is 1.58. The molecule has 35 heavy (non-hydrogen) atoms. The number of fused-ring (bicyclic) bond motifs is 1. The predicted molar refractivity (Wildman–Crippen MR) is 142 cm³/mol. The average Bonchev–Trinajstić information content (AvgIpc) is 3.52. The largest absolute Gasteiger partial charge is 0.273 e. The number of amides is 1. The Morgan fingerprint density at radius 3 is 2.29 bits per heavy atom. The van der Waals surface area contributed by atoms with Gasteiger partial charge < -0.3 is 0 Å². The Bertz CT molecular complexity index is 1390. The molecule has 1 unspecified atom stereocenters. The first-order chi connectivity index (χ1) is 16.9. The highest BCUT2D eigenvalue weighted by Crippen LogP contribution is 2.40. The van der Waals surface area contributed by atoms with Crippen LogP contribution in [0, 0.1) is 5.92 Å². The fraction of sp³-hybridized carbons (Fsp3) is 0.286. The van der Waals surface area contributed by atoms with E-state index in [4.69, 9.17) is 4.98 Å². The van der Waals surface area contributed by atoms with E-state index in [2.05, 4.69) is 0 Å². The molecule has 1 heterocycles. The second-order valence-corrected chi connectivity index (χ2v) is 12.3. The van der Waals surface area contributed by atoms with E-state index in [1.54, 1.807) is 29.2 Å². The zero-order valence-electron chi connectivity index (χ0n) is 19.6. The van der Waals surface area contributed by atoms with Gasteiger partial charge in [-0.3, -0.25) is 9.69 Å². The molecule has 5 nitrogen and oxygen atoms in total. The number of thiazole rings is 1. The first-order valence-corrected chi connectivity index (χ1v) is 14.7. The summed E-state index contributed by atoms with van der Waals surface area (Å²) in [4.78, 5) is 21.2. The van der Waals surface area contributed by atoms with Crippen molar-refractivity contribution in [2.45, 2.75) is 42.9 Å². The Morgan fingerprint density at radius 2 is 1.63 bits per heavy atom. The lowest BCUT2D eigenvalue weighted by Gasteiger charge is -2.27. The molecule has 1 fully saturated rings. The molecule has 180 valence electrons. The van der Waals surface area contributed by atoms with Crippen LogP contribution in [-0.4, -0.2) is 25.6 Å². The Morgan fingerprint density at radius 1 is 0.971 bits per heavy atom. The van der Waals surface area contributed by atoms with E-state index in [9.17, 15) is 13.2 Å². The van der Waals surface area contributed by atoms with E-state index < -0.39 is 9.84 Å². The maximum Gasteiger partial charge on any atom is 0.240 e. The van der Waals surface area contributed by atoms with Gasteiger partial charge in [0.15, 0.2) is 15.0 Å². The summed E-state index contributed by atoms with van der Waals surface area (Å²) >= 11 is 1.50. The normalized spacial score (nSPS) is 15.3. The van der Waals surface area contributed by atoms with Crippen molar-refractivity contribution in [2.24, 2.45) is 5.92 Å². The van der Waals surface area contributed by atoms with Crippen molar-refractivity contribution in [2.75, 3.05) is 11.2 Å². The topological polar surface area (TPSA) is 67.3 Å². The third-order valence-electron chi connectivity index (χ3n) is 6.76. The molecule has 1 aliphatic carbocycles. The summed E-state index contributed by atoms with van der Waals surface area (Å²) in [6.45, 7) is 0. The standard InChI is InChI=1S/C28H28N2O3S2/c1-35(32,33)23-17-15-21(16-18-23)24(19-20-9-5-6-10-20)27(31)30(22-11-3-2-4-12-22)28-29-25-13-7-8-14-26(25)34-28/h2-4,7-8,11-18,20,24H,5-6,9-10,19H2,1H3. The van der Waals surface area contributed by atoms with Crippen molar-refractivity contribution >= 4 is 48.1 Å². The summed E-state index contributed by atoms with van der Waals surface area (Å²) in [7, 11) is -3.31. The maximum atomic E-state index is 14.4. The minimum absolute atomic E-state index is 0.0331. The quantitative estimate of drug-likeness (QED) is 0.280. The van der Waals surface area contributed by atoms with E-state index in [1.807, 2.05) is 54.6 Å². The number of para-hydroxylation sites is 2. The van der Waals surface area contributed by atoms with Crippen LogP contribution in [0.3, 0.4) is 0 Å². The first-order valence-electron chi connectivity index (χ1n) is 11.9. The molecule has 0 saturated heterocycles. The summed E-state index contributed by atoms with van der Waals surface area (Å²) in [5.74, 6) is 0.0553. The van der Waals surface area contributed by atoms with Crippen molar-refractivity contribution < 1.29 is 13.2 Å². The van der Waals surface area contributed by atoms with Crippen molar-refractivity contribution in [3.63, 3.8) is 0 Å². The zero-order valence-corrected chi connectivity index (χ0v) is 21.3. The number of hydrogen-bond acceptors (Lipinski definition) is 5. The van der Waals surface area contributed by atoms with Gasteiger partial charge in [0.25, 0.3) is 0 Å². The minimum Gasteiger partial charge on any atom is -0.273 e. The van der Waals surface area contributed by atoms with Gasteiger partial charge in [-0.15, -0.1) is 0 Å². The number of anilines is 2. The monoisotopic (exact) mass is 504 g/mol. The van der Waals surface area contributed by atoms with Crippen molar-refractivity contribution in [3.05, 3.63) is 84.4 Å². The van der Waals surface area contributed by atoms with E-state index in [0.29, 0.717) is 11.0 Å². The minimum atomic E-state index is -3.31. The lowest BCUT2D eigenvalue weighted by Crippen LogP contribution is -2.32. The van der Waals surface area contributed by atoms with Crippen LogP contribution in [0.15, 0.2) is 83.8 Å². The Hall–Kier alpha value is -3.03. The second-order valence-electron chi connectivity index (χ2n) is 9.25. The number of hydrogen-bond donors (Lipinski definition) is 0. The number of rotatable bonds is 7. The molecular formula is C28H28N2O3S2. The molecule has 0 N–H and O–H groups in total. The molecule has 0 aliphatic heterocycles. The average molecular weight is 505 g/mol. The van der Waals surface area contributed by atoms with Crippen molar-refractivity contribution in [1.82, 2.24) is 4.98 Å². The van der Waals surface area contributed by atoms with Gasteiger partial charge in [-0.1, -0.05) is 79.5 Å². The molecule has 0 radical (unpaired) electrons. The maximum absolute atomic E-state index is 14.4. The molecule has 5 rings (SSSR count). The van der Waals surface area contributed by atoms with Crippen LogP contribution in [0.1, 0.15) is 43.6 Å². The summed E-state index contributed by atoms with van der Waals surface area (Å²) in [5, 5.41) is 0.645. The molecule has 1 saturated carbocycles. The molecule has 0 bridgehead atoms. The fourth-order valence-electron chi connectivity index (χ4n) is 4.93. The highest BCUT2D eigenvalue weighted by molar-refractivity contribution is 7.90. The van der Waals surface area contributed by atoms with Crippen LogP contribution in [-0.2, 0) is 14.6 Å². The zero-order chi connectivity index (χ0) is 24.4. The molecule has 1 amide bonds. The van der Waals surface area contributed by atoms with Gasteiger partial charge in [0, 0.05) is 6.26 Å². The molecule has 7 heteroatoms. The van der Waals surface area contributed by atoms with Gasteiger partial charge in [0.05, 0.1) is 26.7 Å². The van der Waals surface area contributed by atoms with Gasteiger partial charge in [0.2, 0.25) is 5.91 Å².